The zero-order chi connectivity index (χ0) is 23.1. The molecule has 2 N–H and O–H groups in total. The molecule has 0 amide bonds. The van der Waals surface area contributed by atoms with Gasteiger partial charge in [-0.15, -0.1) is 0 Å². The summed E-state index contributed by atoms with van der Waals surface area (Å²) < 4.78 is 5.70. The molecule has 0 aromatic heterocycles. The van der Waals surface area contributed by atoms with Crippen molar-refractivity contribution in [1.82, 2.24) is 0 Å². The summed E-state index contributed by atoms with van der Waals surface area (Å²) in [6, 6.07) is 0. The number of carbonyl (C=O) groups excluding carboxylic acids is 3. The van der Waals surface area contributed by atoms with Crippen molar-refractivity contribution < 1.29 is 60.3 Å². The fourth-order valence-electron chi connectivity index (χ4n) is 8.31. The van der Waals surface area contributed by atoms with Gasteiger partial charge in [0.1, 0.15) is 11.7 Å². The summed E-state index contributed by atoms with van der Waals surface area (Å²) in [7, 11) is 0. The second-order valence-electron chi connectivity index (χ2n) is 11.2. The van der Waals surface area contributed by atoms with Crippen LogP contribution in [0.5, 0.6) is 0 Å². The summed E-state index contributed by atoms with van der Waals surface area (Å²) in [5.74, 6) is -0.260. The van der Waals surface area contributed by atoms with Crippen LogP contribution in [0.2, 0.25) is 0 Å². The van der Waals surface area contributed by atoms with E-state index >= 15 is 0 Å². The first-order chi connectivity index (χ1) is 15.0. The quantitative estimate of drug-likeness (QED) is 0.445. The van der Waals surface area contributed by atoms with Crippen LogP contribution in [-0.4, -0.2) is 45.1 Å². The Morgan fingerprint density at radius 1 is 1.12 bits per heavy atom. The minimum absolute atomic E-state index is 0. The van der Waals surface area contributed by atoms with Crippen LogP contribution in [0.4, 0.5) is 0 Å². The molecule has 176 valence electrons. The number of hydrogen-bond acceptors (Lipinski definition) is 6. The van der Waals surface area contributed by atoms with Crippen LogP contribution < -0.4 is 29.6 Å². The molecule has 3 fully saturated rings. The van der Waals surface area contributed by atoms with E-state index in [0.717, 1.165) is 24.8 Å². The maximum absolute atomic E-state index is 13.2. The van der Waals surface area contributed by atoms with E-state index in [4.69, 9.17) is 4.74 Å². The maximum Gasteiger partial charge on any atom is 1.00 e. The number of ether oxygens (including phenoxy) is 1. The van der Waals surface area contributed by atoms with Crippen molar-refractivity contribution in [1.29, 1.82) is 0 Å². The van der Waals surface area contributed by atoms with E-state index < -0.39 is 34.5 Å². The Kier molecular flexibility index (Phi) is 6.23. The minimum atomic E-state index is -1.71. The van der Waals surface area contributed by atoms with E-state index in [0.29, 0.717) is 25.2 Å². The minimum Gasteiger partial charge on any atom is -1.00 e. The van der Waals surface area contributed by atoms with Gasteiger partial charge in [0.2, 0.25) is 11.4 Å². The van der Waals surface area contributed by atoms with Crippen molar-refractivity contribution in [2.45, 2.75) is 89.4 Å². The first kappa shape index (κ1) is 25.3. The first-order valence-corrected chi connectivity index (χ1v) is 12.1. The molecule has 33 heavy (non-hydrogen) atoms. The van der Waals surface area contributed by atoms with Crippen molar-refractivity contribution in [3.05, 3.63) is 23.8 Å². The average molecular weight is 467 g/mol. The smallest absolute Gasteiger partial charge is 1.00 e. The molecule has 1 aliphatic heterocycles. The Bertz CT molecular complexity index is 963. The number of aliphatic hydroxyl groups excluding tert-OH is 1. The Balaban J connectivity index is 0.00000162. The molecule has 0 aromatic carbocycles. The number of rotatable bonds is 2. The number of fused-ring (bicyclic) bond motifs is 5. The molecule has 5 rings (SSSR count). The summed E-state index contributed by atoms with van der Waals surface area (Å²) in [5.41, 5.74) is -2.78. The summed E-state index contributed by atoms with van der Waals surface area (Å²) in [5, 5.41) is 22.6. The van der Waals surface area contributed by atoms with Gasteiger partial charge in [0, 0.05) is 11.8 Å². The second kappa shape index (κ2) is 8.12. The summed E-state index contributed by atoms with van der Waals surface area (Å²) in [6.07, 6.45) is 8.59. The van der Waals surface area contributed by atoms with E-state index in [2.05, 4.69) is 19.1 Å². The molecule has 0 bridgehead atoms. The van der Waals surface area contributed by atoms with E-state index in [1.54, 1.807) is 6.92 Å². The predicted molar refractivity (Wildman–Crippen MR) is 117 cm³/mol. The number of carbonyl (C=O) groups is 3. The molecule has 1 heterocycles. The van der Waals surface area contributed by atoms with E-state index in [-0.39, 0.29) is 66.9 Å². The van der Waals surface area contributed by atoms with Gasteiger partial charge in [-0.3, -0.25) is 14.4 Å². The van der Waals surface area contributed by atoms with Gasteiger partial charge in [-0.05, 0) is 73.3 Å². The summed E-state index contributed by atoms with van der Waals surface area (Å²) in [6.45, 7) is 6.07. The normalized spacial score (nSPS) is 48.8. The van der Waals surface area contributed by atoms with Crippen molar-refractivity contribution >= 4 is 17.5 Å². The molecule has 1 saturated heterocycles. The average Bonchev–Trinajstić information content (AvgIpc) is 3.03. The van der Waals surface area contributed by atoms with E-state index in [1.807, 2.05) is 13.0 Å². The first-order valence-electron chi connectivity index (χ1n) is 12.1. The van der Waals surface area contributed by atoms with Gasteiger partial charge in [0.15, 0.2) is 5.78 Å². The number of hydrogen-bond donors (Lipinski definition) is 2. The van der Waals surface area contributed by atoms with Gasteiger partial charge in [0.05, 0.1) is 6.42 Å². The fourth-order valence-corrected chi connectivity index (χ4v) is 8.31. The van der Waals surface area contributed by atoms with Crippen molar-refractivity contribution in [2.75, 3.05) is 0 Å². The van der Waals surface area contributed by atoms with E-state index in [9.17, 15) is 24.6 Å². The van der Waals surface area contributed by atoms with Crippen LogP contribution in [-0.2, 0) is 19.1 Å². The van der Waals surface area contributed by atoms with Crippen LogP contribution in [0.3, 0.4) is 0 Å². The maximum atomic E-state index is 13.2. The zero-order valence-electron chi connectivity index (χ0n) is 21.2. The molecular formula is C26H35NaO6. The number of cyclic esters (lactones) is 1. The monoisotopic (exact) mass is 466 g/mol. The third-order valence-corrected chi connectivity index (χ3v) is 10.2. The molecule has 7 heteroatoms. The van der Waals surface area contributed by atoms with Gasteiger partial charge in [-0.25, -0.2) is 0 Å². The van der Waals surface area contributed by atoms with Crippen molar-refractivity contribution in [3.63, 3.8) is 0 Å². The number of esters is 1. The van der Waals surface area contributed by atoms with Gasteiger partial charge < -0.3 is 16.4 Å². The predicted octanol–water partition coefficient (Wildman–Crippen LogP) is 0.168. The molecule has 8 atom stereocenters. The summed E-state index contributed by atoms with van der Waals surface area (Å²) >= 11 is 0. The van der Waals surface area contributed by atoms with Crippen LogP contribution in [0.25, 0.3) is 0 Å². The van der Waals surface area contributed by atoms with Gasteiger partial charge >= 0.3 is 35.5 Å². The van der Waals surface area contributed by atoms with Crippen LogP contribution in [0.1, 0.15) is 73.6 Å². The third kappa shape index (κ3) is 3.13. The Labute approximate surface area is 219 Å². The standard InChI is InChI=1S/C26H34O6.Na.H/c1-4-25(22(30)20(28)14-21(29)32-25)26(31)12-9-19-17-6-5-15-13-16(27)7-10-23(15,2)18(17)8-11-24(19,26)3;;/h5-6,13,17-20,28,31H,4,7-12,14H2,1-3H3;;/q;+1;-1/t17-,18+,19?,20?,23-,24-,25-,26-;;/m0../s1. The molecular weight excluding hydrogens is 431 g/mol. The number of ketones is 2. The number of allylic oxidation sites excluding steroid dienone is 4. The number of Topliss-reactive ketones (excluding diaryl/α,β-unsaturated/α-hetero) is 1. The largest absolute Gasteiger partial charge is 1.00 e. The van der Waals surface area contributed by atoms with E-state index in [1.165, 1.54) is 0 Å². The Morgan fingerprint density at radius 2 is 1.82 bits per heavy atom. The van der Waals surface area contributed by atoms with Gasteiger partial charge in [-0.1, -0.05) is 32.9 Å². The van der Waals surface area contributed by atoms with Crippen LogP contribution >= 0.6 is 0 Å². The molecule has 6 nitrogen and oxygen atoms in total. The molecule has 4 aliphatic carbocycles. The zero-order valence-corrected chi connectivity index (χ0v) is 22.2. The summed E-state index contributed by atoms with van der Waals surface area (Å²) in [4.78, 5) is 37.6. The van der Waals surface area contributed by atoms with Crippen molar-refractivity contribution in [3.8, 4) is 0 Å². The van der Waals surface area contributed by atoms with Crippen LogP contribution in [0.15, 0.2) is 23.8 Å². The van der Waals surface area contributed by atoms with Crippen molar-refractivity contribution in [2.24, 2.45) is 28.6 Å². The topological polar surface area (TPSA) is 101 Å². The number of aliphatic hydroxyl groups is 2. The van der Waals surface area contributed by atoms with Gasteiger partial charge in [-0.2, -0.15) is 0 Å². The van der Waals surface area contributed by atoms with Crippen LogP contribution in [0, 0.1) is 28.6 Å². The molecule has 0 aromatic rings. The molecule has 2 saturated carbocycles. The molecule has 5 aliphatic rings. The Hall–Kier alpha value is -0.790. The van der Waals surface area contributed by atoms with Gasteiger partial charge in [0.25, 0.3) is 0 Å². The SMILES string of the molecule is CC[C@]1([C@]2(O)CCC3[C@H]4C=CC5=CC(=O)CC[C@]5(C)[C@@H]4CC[C@@]32C)OC(=O)CC(O)C1=O.[H-].[Na+]. The third-order valence-electron chi connectivity index (χ3n) is 10.2. The second-order valence-corrected chi connectivity index (χ2v) is 11.2. The fraction of sp³-hybridized carbons (Fsp3) is 0.731. The molecule has 2 unspecified atom stereocenters. The Morgan fingerprint density at radius 3 is 2.52 bits per heavy atom. The molecule has 0 spiro atoms. The molecule has 0 radical (unpaired) electrons.